The lowest BCUT2D eigenvalue weighted by molar-refractivity contribution is 0.112. The van der Waals surface area contributed by atoms with Gasteiger partial charge in [-0.1, -0.05) is 24.3 Å². The van der Waals surface area contributed by atoms with Crippen LogP contribution in [0, 0.1) is 0 Å². The summed E-state index contributed by atoms with van der Waals surface area (Å²) in [4.78, 5) is 10.1. The van der Waals surface area contributed by atoms with Crippen LogP contribution in [0.1, 0.15) is 10.4 Å². The van der Waals surface area contributed by atoms with E-state index in [0.717, 1.165) is 16.3 Å². The van der Waals surface area contributed by atoms with Gasteiger partial charge in [-0.05, 0) is 0 Å². The van der Waals surface area contributed by atoms with Crippen molar-refractivity contribution in [1.82, 2.24) is 0 Å². The van der Waals surface area contributed by atoms with Crippen LogP contribution >= 0.6 is 0 Å². The fourth-order valence-electron chi connectivity index (χ4n) is 0.632. The first-order valence-corrected chi connectivity index (χ1v) is 3.21. The second-order valence-electron chi connectivity index (χ2n) is 1.79. The first-order chi connectivity index (χ1) is 4.33. The second-order valence-corrected chi connectivity index (χ2v) is 2.45. The van der Waals surface area contributed by atoms with Gasteiger partial charge in [0.2, 0.25) is 0 Å². The molecule has 9 heavy (non-hydrogen) atoms. The molecular formula is C7H5AlO. The van der Waals surface area contributed by atoms with Crippen molar-refractivity contribution in [3.63, 3.8) is 0 Å². The Bertz CT molecular complexity index is 220. The van der Waals surface area contributed by atoms with Gasteiger partial charge in [-0.2, -0.15) is 0 Å². The van der Waals surface area contributed by atoms with Gasteiger partial charge in [0, 0.05) is 5.56 Å². The Balaban J connectivity index is 3.07. The SMILES string of the molecule is O=Cc1ccc[c]([Al])c1. The summed E-state index contributed by atoms with van der Waals surface area (Å²) in [5.74, 6) is 0. The van der Waals surface area contributed by atoms with Gasteiger partial charge in [-0.25, -0.2) is 0 Å². The third-order valence-electron chi connectivity index (χ3n) is 1.05. The maximum atomic E-state index is 10.1. The van der Waals surface area contributed by atoms with Crippen molar-refractivity contribution in [3.8, 4) is 0 Å². The predicted octanol–water partition coefficient (Wildman–Crippen LogP) is 0.293. The molecule has 0 aromatic heterocycles. The molecule has 0 N–H and O–H groups in total. The van der Waals surface area contributed by atoms with Crippen LogP contribution in [-0.2, 0) is 0 Å². The zero-order valence-corrected chi connectivity index (χ0v) is 6.03. The van der Waals surface area contributed by atoms with Gasteiger partial charge in [0.05, 0.1) is 0 Å². The Kier molecular flexibility index (Phi) is 2.05. The summed E-state index contributed by atoms with van der Waals surface area (Å²) in [5, 5.41) is 0. The van der Waals surface area contributed by atoms with Gasteiger partial charge in [0.25, 0.3) is 0 Å². The zero-order valence-electron chi connectivity index (χ0n) is 4.87. The third kappa shape index (κ3) is 1.67. The lowest BCUT2D eigenvalue weighted by atomic mass is 10.2. The van der Waals surface area contributed by atoms with E-state index in [1.165, 1.54) is 0 Å². The number of hydrogen-bond acceptors (Lipinski definition) is 1. The Morgan fingerprint density at radius 1 is 1.44 bits per heavy atom. The fraction of sp³-hybridized carbons (Fsp3) is 0. The van der Waals surface area contributed by atoms with Crippen LogP contribution in [0.5, 0.6) is 0 Å². The molecule has 0 atom stereocenters. The largest absolute Gasteiger partial charge is 0.298 e. The molecule has 0 aliphatic heterocycles. The van der Waals surface area contributed by atoms with Crippen molar-refractivity contribution in [3.05, 3.63) is 29.8 Å². The molecule has 0 heterocycles. The Morgan fingerprint density at radius 3 is 2.67 bits per heavy atom. The van der Waals surface area contributed by atoms with E-state index in [2.05, 4.69) is 16.3 Å². The molecule has 0 aliphatic carbocycles. The van der Waals surface area contributed by atoms with Gasteiger partial charge in [-0.3, -0.25) is 4.79 Å². The molecular weight excluding hydrogens is 127 g/mol. The summed E-state index contributed by atoms with van der Waals surface area (Å²) < 4.78 is 1.04. The van der Waals surface area contributed by atoms with Crippen LogP contribution in [0.4, 0.5) is 0 Å². The van der Waals surface area contributed by atoms with Crippen LogP contribution < -0.4 is 4.43 Å². The van der Waals surface area contributed by atoms with Crippen molar-refractivity contribution in [2.24, 2.45) is 0 Å². The molecule has 0 aliphatic rings. The topological polar surface area (TPSA) is 17.1 Å². The van der Waals surface area contributed by atoms with Gasteiger partial charge in [0.15, 0.2) is 16.3 Å². The molecule has 0 unspecified atom stereocenters. The summed E-state index contributed by atoms with van der Waals surface area (Å²) in [6.07, 6.45) is 0.841. The second kappa shape index (κ2) is 2.82. The molecule has 2 radical (unpaired) electrons. The maximum absolute atomic E-state index is 10.1. The van der Waals surface area contributed by atoms with E-state index in [9.17, 15) is 4.79 Å². The minimum absolute atomic E-state index is 0.725. The number of benzene rings is 1. The Hall–Kier alpha value is -0.578. The predicted molar refractivity (Wildman–Crippen MR) is 37.2 cm³/mol. The standard InChI is InChI=1S/C7H5O.Al/c8-6-7-4-2-1-3-5-7;/h1-2,4-6H;. The summed E-state index contributed by atoms with van der Waals surface area (Å²) in [7, 11) is 0. The van der Waals surface area contributed by atoms with Gasteiger partial charge in [-0.15, -0.1) is 4.43 Å². The van der Waals surface area contributed by atoms with Gasteiger partial charge >= 0.3 is 0 Å². The van der Waals surface area contributed by atoms with E-state index in [0.29, 0.717) is 0 Å². The van der Waals surface area contributed by atoms with Gasteiger partial charge in [0.1, 0.15) is 6.29 Å². The van der Waals surface area contributed by atoms with Crippen molar-refractivity contribution in [1.29, 1.82) is 0 Å². The molecule has 1 aromatic rings. The van der Waals surface area contributed by atoms with Crippen LogP contribution in [0.15, 0.2) is 24.3 Å². The molecule has 0 spiro atoms. The molecule has 42 valence electrons. The molecule has 0 saturated heterocycles. The number of carbonyl (C=O) groups excluding carboxylic acids is 1. The summed E-state index contributed by atoms with van der Waals surface area (Å²) in [6.45, 7) is 0. The highest BCUT2D eigenvalue weighted by atomic mass is 27.0. The van der Waals surface area contributed by atoms with Crippen LogP contribution in [0.25, 0.3) is 0 Å². The third-order valence-corrected chi connectivity index (χ3v) is 1.41. The van der Waals surface area contributed by atoms with Crippen molar-refractivity contribution >= 4 is 27.0 Å². The first-order valence-electron chi connectivity index (χ1n) is 2.63. The lowest BCUT2D eigenvalue weighted by Crippen LogP contribution is -2.01. The average molecular weight is 132 g/mol. The van der Waals surface area contributed by atoms with Gasteiger partial charge < -0.3 is 0 Å². The fourth-order valence-corrected chi connectivity index (χ4v) is 0.936. The van der Waals surface area contributed by atoms with Crippen LogP contribution in [0.2, 0.25) is 0 Å². The monoisotopic (exact) mass is 132 g/mol. The van der Waals surface area contributed by atoms with Crippen molar-refractivity contribution in [2.45, 2.75) is 0 Å². The molecule has 1 rings (SSSR count). The number of aldehydes is 1. The highest BCUT2D eigenvalue weighted by Crippen LogP contribution is 1.89. The van der Waals surface area contributed by atoms with Crippen LogP contribution in [-0.4, -0.2) is 22.6 Å². The number of carbonyl (C=O) groups is 1. The molecule has 0 fully saturated rings. The molecule has 0 amide bonds. The molecule has 0 bridgehead atoms. The minimum Gasteiger partial charge on any atom is -0.298 e. The van der Waals surface area contributed by atoms with E-state index in [1.807, 2.05) is 18.2 Å². The summed E-state index contributed by atoms with van der Waals surface area (Å²) >= 11 is 2.53. The summed E-state index contributed by atoms with van der Waals surface area (Å²) in [6, 6.07) is 7.38. The highest BCUT2D eigenvalue weighted by Gasteiger charge is 1.85. The van der Waals surface area contributed by atoms with E-state index in [1.54, 1.807) is 6.07 Å². The quantitative estimate of drug-likeness (QED) is 0.396. The molecule has 1 nitrogen and oxygen atoms in total. The number of hydrogen-bond donors (Lipinski definition) is 0. The first kappa shape index (κ1) is 6.54. The van der Waals surface area contributed by atoms with E-state index in [-0.39, 0.29) is 0 Å². The Morgan fingerprint density at radius 2 is 2.22 bits per heavy atom. The minimum atomic E-state index is 0.725. The maximum Gasteiger partial charge on any atom is 0.175 e. The summed E-state index contributed by atoms with van der Waals surface area (Å²) in [5.41, 5.74) is 0.725. The normalized spacial score (nSPS) is 8.89. The van der Waals surface area contributed by atoms with E-state index < -0.39 is 0 Å². The number of rotatable bonds is 1. The van der Waals surface area contributed by atoms with Crippen LogP contribution in [0.3, 0.4) is 0 Å². The average Bonchev–Trinajstić information content (AvgIpc) is 1.88. The molecule has 2 heteroatoms. The lowest BCUT2D eigenvalue weighted by Gasteiger charge is -1.91. The molecule has 1 aromatic carbocycles. The van der Waals surface area contributed by atoms with Crippen molar-refractivity contribution < 1.29 is 4.79 Å². The smallest absolute Gasteiger partial charge is 0.175 e. The van der Waals surface area contributed by atoms with E-state index in [4.69, 9.17) is 0 Å². The Labute approximate surface area is 62.1 Å². The van der Waals surface area contributed by atoms with E-state index >= 15 is 0 Å². The highest BCUT2D eigenvalue weighted by molar-refractivity contribution is 6.32. The van der Waals surface area contributed by atoms with Crippen molar-refractivity contribution in [2.75, 3.05) is 0 Å². The zero-order chi connectivity index (χ0) is 6.69. The molecule has 0 saturated carbocycles.